The smallest absolute Gasteiger partial charge is 0.381 e. The predicted octanol–water partition coefficient (Wildman–Crippen LogP) is 5.24. The first-order chi connectivity index (χ1) is 21.2. The van der Waals surface area contributed by atoms with Crippen molar-refractivity contribution in [3.63, 3.8) is 0 Å². The van der Waals surface area contributed by atoms with Crippen LogP contribution in [0.1, 0.15) is 36.1 Å². The number of halogens is 4. The zero-order valence-electron chi connectivity index (χ0n) is 24.8. The van der Waals surface area contributed by atoms with E-state index in [-0.39, 0.29) is 24.5 Å². The molecule has 1 saturated heterocycles. The van der Waals surface area contributed by atoms with Gasteiger partial charge in [-0.05, 0) is 62.1 Å². The summed E-state index contributed by atoms with van der Waals surface area (Å²) in [6.45, 7) is 5.80. The van der Waals surface area contributed by atoms with Crippen LogP contribution in [0.25, 0.3) is 0 Å². The molecule has 1 heterocycles. The van der Waals surface area contributed by atoms with Crippen LogP contribution in [0.3, 0.4) is 0 Å². The van der Waals surface area contributed by atoms with Crippen molar-refractivity contribution in [3.05, 3.63) is 101 Å². The van der Waals surface area contributed by atoms with Crippen LogP contribution >= 0.6 is 11.8 Å². The first kappa shape index (κ1) is 33.8. The first-order valence-corrected chi connectivity index (χ1v) is 15.1. The van der Waals surface area contributed by atoms with Crippen molar-refractivity contribution in [1.82, 2.24) is 15.5 Å². The van der Waals surface area contributed by atoms with Gasteiger partial charge in [0.1, 0.15) is 11.9 Å². The van der Waals surface area contributed by atoms with Crippen LogP contribution in [0.4, 0.5) is 28.0 Å². The van der Waals surface area contributed by atoms with Gasteiger partial charge in [0, 0.05) is 17.0 Å². The number of nitrogens with zero attached hydrogens (tertiary/aromatic N) is 1. The summed E-state index contributed by atoms with van der Waals surface area (Å²) in [5, 5.41) is 18.9. The third kappa shape index (κ3) is 8.34. The Morgan fingerprint density at radius 2 is 1.71 bits per heavy atom. The number of hydrogen-bond donors (Lipinski definition) is 4. The van der Waals surface area contributed by atoms with Crippen molar-refractivity contribution in [2.75, 3.05) is 11.2 Å². The number of carbonyl (C=O) groups is 3. The second-order valence-electron chi connectivity index (χ2n) is 11.3. The number of aliphatic hydroxyl groups is 1. The minimum Gasteiger partial charge on any atom is -0.381 e. The number of anilines is 1. The van der Waals surface area contributed by atoms with E-state index in [9.17, 15) is 37.1 Å². The van der Waals surface area contributed by atoms with Gasteiger partial charge in [0.15, 0.2) is 6.10 Å². The van der Waals surface area contributed by atoms with Crippen LogP contribution in [0, 0.1) is 12.7 Å². The Labute approximate surface area is 262 Å². The fraction of sp³-hybridized carbons (Fsp3) is 0.344. The Hall–Kier alpha value is -4.10. The second kappa shape index (κ2) is 13.9. The molecule has 1 aliphatic heterocycles. The van der Waals surface area contributed by atoms with Gasteiger partial charge in [-0.25, -0.2) is 9.18 Å². The highest BCUT2D eigenvalue weighted by Crippen LogP contribution is 2.40. The number of rotatable bonds is 9. The molecule has 0 bridgehead atoms. The molecule has 4 rings (SSSR count). The highest BCUT2D eigenvalue weighted by atomic mass is 32.2. The number of aliphatic hydroxyl groups excluding tert-OH is 1. The van der Waals surface area contributed by atoms with Crippen molar-refractivity contribution in [3.8, 4) is 0 Å². The van der Waals surface area contributed by atoms with Crippen molar-refractivity contribution in [2.45, 2.75) is 62.8 Å². The van der Waals surface area contributed by atoms with Crippen molar-refractivity contribution >= 4 is 35.3 Å². The summed E-state index contributed by atoms with van der Waals surface area (Å²) in [5.74, 6) is -2.60. The van der Waals surface area contributed by atoms with Crippen molar-refractivity contribution < 1.29 is 37.1 Å². The molecule has 0 aliphatic carbocycles. The van der Waals surface area contributed by atoms with Gasteiger partial charge >= 0.3 is 12.2 Å². The van der Waals surface area contributed by atoms with Crippen molar-refractivity contribution in [1.29, 1.82) is 0 Å². The fourth-order valence-corrected chi connectivity index (χ4v) is 6.25. The highest BCUT2D eigenvalue weighted by Gasteiger charge is 2.49. The van der Waals surface area contributed by atoms with Gasteiger partial charge in [-0.1, -0.05) is 54.6 Å². The Bertz CT molecular complexity index is 1540. The van der Waals surface area contributed by atoms with E-state index >= 15 is 0 Å². The molecule has 0 aromatic heterocycles. The number of nitrogens with one attached hydrogen (secondary N) is 3. The molecule has 4 amide bonds. The number of amides is 4. The number of benzene rings is 3. The molecule has 1 fully saturated rings. The summed E-state index contributed by atoms with van der Waals surface area (Å²) in [4.78, 5) is 41.4. The topological polar surface area (TPSA) is 111 Å². The van der Waals surface area contributed by atoms with E-state index in [0.717, 1.165) is 17.2 Å². The summed E-state index contributed by atoms with van der Waals surface area (Å²) in [6.07, 6.45) is -6.83. The standard InChI is InChI=1S/C32H34F4N4O4S/c1-19-9-7-8-12-21(19)17-37-28(42)27-31(2,3)45-18-40(27)29(43)26(41)25(15-20-10-5-4-6-11-20)39-30(44)38-22-13-14-24(33)23(16-22)32(34,35)36/h4-14,16,25-27,41H,15,17-18H2,1-3H3,(H,37,42)(H2,38,39,44). The van der Waals surface area contributed by atoms with Gasteiger partial charge in [-0.2, -0.15) is 13.2 Å². The molecule has 45 heavy (non-hydrogen) atoms. The fourth-order valence-electron chi connectivity index (χ4n) is 5.11. The molecule has 1 aliphatic rings. The summed E-state index contributed by atoms with van der Waals surface area (Å²) >= 11 is 1.36. The number of aryl methyl sites for hydroxylation is 1. The summed E-state index contributed by atoms with van der Waals surface area (Å²) in [7, 11) is 0. The predicted molar refractivity (Wildman–Crippen MR) is 164 cm³/mol. The third-order valence-electron chi connectivity index (χ3n) is 7.57. The molecular weight excluding hydrogens is 612 g/mol. The Morgan fingerprint density at radius 3 is 2.38 bits per heavy atom. The summed E-state index contributed by atoms with van der Waals surface area (Å²) in [6, 6.07) is 15.0. The number of hydrogen-bond acceptors (Lipinski definition) is 5. The molecule has 3 unspecified atom stereocenters. The van der Waals surface area contributed by atoms with Gasteiger partial charge in [-0.3, -0.25) is 9.59 Å². The van der Waals surface area contributed by atoms with Gasteiger partial charge in [-0.15, -0.1) is 11.8 Å². The summed E-state index contributed by atoms with van der Waals surface area (Å²) < 4.78 is 52.6. The molecular formula is C32H34F4N4O4S. The second-order valence-corrected chi connectivity index (χ2v) is 12.9. The minimum absolute atomic E-state index is 0.0209. The molecule has 0 radical (unpaired) electrons. The molecule has 0 saturated carbocycles. The van der Waals surface area contributed by atoms with E-state index in [4.69, 9.17) is 0 Å². The Morgan fingerprint density at radius 1 is 1.04 bits per heavy atom. The van der Waals surface area contributed by atoms with Crippen LogP contribution in [0.5, 0.6) is 0 Å². The SMILES string of the molecule is Cc1ccccc1CNC(=O)C1N(C(=O)C(O)C(Cc2ccccc2)NC(=O)Nc2ccc(F)c(C(F)(F)F)c2)CSC1(C)C. The van der Waals surface area contributed by atoms with Gasteiger partial charge in [0.2, 0.25) is 5.91 Å². The zero-order valence-corrected chi connectivity index (χ0v) is 25.6. The maximum absolute atomic E-state index is 13.8. The van der Waals surface area contributed by atoms with Crippen LogP contribution in [0.2, 0.25) is 0 Å². The summed E-state index contributed by atoms with van der Waals surface area (Å²) in [5.41, 5.74) is 0.652. The molecule has 13 heteroatoms. The lowest BCUT2D eigenvalue weighted by Crippen LogP contribution is -2.59. The number of carbonyl (C=O) groups excluding carboxylic acids is 3. The molecule has 240 valence electrons. The average molecular weight is 647 g/mol. The Balaban J connectivity index is 1.53. The lowest BCUT2D eigenvalue weighted by molar-refractivity contribution is -0.147. The first-order valence-electron chi connectivity index (χ1n) is 14.1. The van der Waals surface area contributed by atoms with Crippen LogP contribution in [-0.4, -0.2) is 56.7 Å². The zero-order chi connectivity index (χ0) is 32.9. The average Bonchev–Trinajstić information content (AvgIpc) is 3.31. The quantitative estimate of drug-likeness (QED) is 0.238. The molecule has 3 aromatic rings. The number of urea groups is 1. The largest absolute Gasteiger partial charge is 0.419 e. The lowest BCUT2D eigenvalue weighted by Gasteiger charge is -2.33. The van der Waals surface area contributed by atoms with Gasteiger partial charge in [0.05, 0.1) is 17.5 Å². The normalized spacial score (nSPS) is 17.3. The van der Waals surface area contributed by atoms with Crippen LogP contribution in [0.15, 0.2) is 72.8 Å². The third-order valence-corrected chi connectivity index (χ3v) is 8.94. The van der Waals surface area contributed by atoms with E-state index in [2.05, 4.69) is 16.0 Å². The monoisotopic (exact) mass is 646 g/mol. The van der Waals surface area contributed by atoms with E-state index < -0.39 is 58.3 Å². The minimum atomic E-state index is -4.99. The number of alkyl halides is 3. The lowest BCUT2D eigenvalue weighted by atomic mass is 9.97. The maximum atomic E-state index is 13.8. The van der Waals surface area contributed by atoms with E-state index in [1.54, 1.807) is 30.3 Å². The van der Waals surface area contributed by atoms with Crippen molar-refractivity contribution in [2.24, 2.45) is 0 Å². The van der Waals surface area contributed by atoms with E-state index in [1.807, 2.05) is 45.0 Å². The van der Waals surface area contributed by atoms with Crippen LogP contribution < -0.4 is 16.0 Å². The van der Waals surface area contributed by atoms with E-state index in [0.29, 0.717) is 17.7 Å². The molecule has 3 aromatic carbocycles. The maximum Gasteiger partial charge on any atom is 0.419 e. The van der Waals surface area contributed by atoms with Crippen LogP contribution in [-0.2, 0) is 28.7 Å². The molecule has 0 spiro atoms. The molecule has 8 nitrogen and oxygen atoms in total. The molecule has 4 N–H and O–H groups in total. The van der Waals surface area contributed by atoms with Gasteiger partial charge in [0.25, 0.3) is 5.91 Å². The number of thioether (sulfide) groups is 1. The molecule has 3 atom stereocenters. The Kier molecular flexibility index (Phi) is 10.4. The van der Waals surface area contributed by atoms with Gasteiger partial charge < -0.3 is 26.0 Å². The highest BCUT2D eigenvalue weighted by molar-refractivity contribution is 8.00. The van der Waals surface area contributed by atoms with E-state index in [1.165, 1.54) is 16.7 Å².